The Bertz CT molecular complexity index is 1320. The summed E-state index contributed by atoms with van der Waals surface area (Å²) in [7, 11) is 0. The van der Waals surface area contributed by atoms with Gasteiger partial charge in [0, 0.05) is 41.8 Å². The number of hydrogen-bond acceptors (Lipinski definition) is 8. The third-order valence-corrected chi connectivity index (χ3v) is 5.45. The molecule has 164 valence electrons. The molecule has 2 aliphatic rings. The van der Waals surface area contributed by atoms with Crippen LogP contribution in [-0.2, 0) is 9.59 Å². The van der Waals surface area contributed by atoms with E-state index in [-0.39, 0.29) is 23.6 Å². The maximum absolute atomic E-state index is 13.1. The molecule has 1 fully saturated rings. The molecule has 0 bridgehead atoms. The van der Waals surface area contributed by atoms with Crippen LogP contribution in [0.1, 0.15) is 17.2 Å². The average Bonchev–Trinajstić information content (AvgIpc) is 3.41. The van der Waals surface area contributed by atoms with E-state index < -0.39 is 28.4 Å². The van der Waals surface area contributed by atoms with Gasteiger partial charge in [0.1, 0.15) is 5.76 Å². The normalized spacial score (nSPS) is 18.5. The molecule has 0 saturated carbocycles. The second kappa shape index (κ2) is 7.75. The molecular formula is C23H15N3O7. The number of fused-ring (bicyclic) bond motifs is 1. The smallest absolute Gasteiger partial charge is 0.300 e. The first-order valence-corrected chi connectivity index (χ1v) is 9.81. The average molecular weight is 445 g/mol. The fourth-order valence-corrected chi connectivity index (χ4v) is 3.89. The molecule has 10 heteroatoms. The van der Waals surface area contributed by atoms with Crippen molar-refractivity contribution in [1.82, 2.24) is 4.98 Å². The summed E-state index contributed by atoms with van der Waals surface area (Å²) in [6, 6.07) is 12.2. The Labute approximate surface area is 186 Å². The van der Waals surface area contributed by atoms with Gasteiger partial charge < -0.3 is 14.6 Å². The fraction of sp³-hybridized carbons (Fsp3) is 0.0870. The van der Waals surface area contributed by atoms with Gasteiger partial charge in [0.2, 0.25) is 6.79 Å². The number of aliphatic hydroxyl groups excluding tert-OH is 1. The Morgan fingerprint density at radius 3 is 2.42 bits per heavy atom. The lowest BCUT2D eigenvalue weighted by atomic mass is 9.95. The Morgan fingerprint density at radius 2 is 1.73 bits per heavy atom. The number of pyridine rings is 1. The van der Waals surface area contributed by atoms with Crippen LogP contribution in [0.3, 0.4) is 0 Å². The number of ether oxygens (including phenoxy) is 2. The van der Waals surface area contributed by atoms with Crippen molar-refractivity contribution in [2.45, 2.75) is 6.04 Å². The van der Waals surface area contributed by atoms with Crippen molar-refractivity contribution < 1.29 is 29.1 Å². The van der Waals surface area contributed by atoms with Gasteiger partial charge in [0.25, 0.3) is 17.4 Å². The summed E-state index contributed by atoms with van der Waals surface area (Å²) in [6.45, 7) is 0.0472. The second-order valence-corrected chi connectivity index (χ2v) is 7.29. The number of aliphatic hydroxyl groups is 1. The maximum atomic E-state index is 13.1. The summed E-state index contributed by atoms with van der Waals surface area (Å²) < 4.78 is 10.7. The topological polar surface area (TPSA) is 132 Å². The Balaban J connectivity index is 1.67. The molecule has 2 aromatic carbocycles. The van der Waals surface area contributed by atoms with Crippen LogP contribution in [-0.4, -0.2) is 33.5 Å². The van der Waals surface area contributed by atoms with Gasteiger partial charge in [-0.25, -0.2) is 0 Å². The Hall–Kier alpha value is -4.73. The lowest BCUT2D eigenvalue weighted by molar-refractivity contribution is -0.384. The first-order chi connectivity index (χ1) is 16.0. The zero-order chi connectivity index (χ0) is 23.1. The molecule has 33 heavy (non-hydrogen) atoms. The van der Waals surface area contributed by atoms with Crippen molar-refractivity contribution in [3.05, 3.63) is 93.8 Å². The quantitative estimate of drug-likeness (QED) is 0.213. The van der Waals surface area contributed by atoms with E-state index in [1.807, 2.05) is 0 Å². The molecule has 3 heterocycles. The number of anilines is 1. The zero-order valence-electron chi connectivity index (χ0n) is 16.9. The Morgan fingerprint density at radius 1 is 1.03 bits per heavy atom. The molecule has 1 aromatic heterocycles. The minimum atomic E-state index is -0.955. The van der Waals surface area contributed by atoms with Gasteiger partial charge >= 0.3 is 0 Å². The van der Waals surface area contributed by atoms with Crippen molar-refractivity contribution >= 4 is 28.8 Å². The number of hydrogen-bond donors (Lipinski definition) is 1. The van der Waals surface area contributed by atoms with Gasteiger partial charge in [0.05, 0.1) is 16.5 Å². The van der Waals surface area contributed by atoms with Crippen LogP contribution in [0.4, 0.5) is 11.4 Å². The molecule has 0 spiro atoms. The molecule has 10 nitrogen and oxygen atoms in total. The molecule has 1 amide bonds. The van der Waals surface area contributed by atoms with Gasteiger partial charge in [-0.05, 0) is 42.0 Å². The Kier molecular flexibility index (Phi) is 4.74. The van der Waals surface area contributed by atoms with E-state index in [4.69, 9.17) is 9.47 Å². The van der Waals surface area contributed by atoms with Gasteiger partial charge in [-0.3, -0.25) is 29.6 Å². The number of non-ortho nitro benzene ring substituents is 1. The molecule has 0 radical (unpaired) electrons. The number of carbonyl (C=O) groups excluding carboxylic acids is 2. The number of carbonyl (C=O) groups is 2. The largest absolute Gasteiger partial charge is 0.507 e. The number of ketones is 1. The number of nitro benzene ring substituents is 1. The highest BCUT2D eigenvalue weighted by Crippen LogP contribution is 2.44. The first kappa shape index (κ1) is 20.2. The molecule has 1 saturated heterocycles. The first-order valence-electron chi connectivity index (χ1n) is 9.81. The van der Waals surface area contributed by atoms with E-state index in [9.17, 15) is 24.8 Å². The van der Waals surface area contributed by atoms with Crippen molar-refractivity contribution in [3.8, 4) is 11.5 Å². The van der Waals surface area contributed by atoms with Gasteiger partial charge in [-0.2, -0.15) is 0 Å². The van der Waals surface area contributed by atoms with E-state index in [0.717, 1.165) is 0 Å². The summed E-state index contributed by atoms with van der Waals surface area (Å²) in [6.07, 6.45) is 3.03. The van der Waals surface area contributed by atoms with Crippen LogP contribution >= 0.6 is 0 Å². The number of rotatable bonds is 4. The lowest BCUT2D eigenvalue weighted by Crippen LogP contribution is -2.29. The number of aromatic nitrogens is 1. The molecule has 5 rings (SSSR count). The zero-order valence-corrected chi connectivity index (χ0v) is 16.9. The van der Waals surface area contributed by atoms with E-state index in [0.29, 0.717) is 22.7 Å². The van der Waals surface area contributed by atoms with Gasteiger partial charge in [-0.1, -0.05) is 0 Å². The molecule has 2 aliphatic heterocycles. The maximum Gasteiger partial charge on any atom is 0.300 e. The second-order valence-electron chi connectivity index (χ2n) is 7.29. The van der Waals surface area contributed by atoms with Crippen LogP contribution in [0.15, 0.2) is 72.6 Å². The van der Waals surface area contributed by atoms with Crippen LogP contribution in [0.25, 0.3) is 5.76 Å². The number of nitro groups is 1. The van der Waals surface area contributed by atoms with Crippen LogP contribution in [0.2, 0.25) is 0 Å². The van der Waals surface area contributed by atoms with Crippen molar-refractivity contribution in [1.29, 1.82) is 0 Å². The molecule has 0 aliphatic carbocycles. The predicted molar refractivity (Wildman–Crippen MR) is 115 cm³/mol. The molecule has 1 unspecified atom stereocenters. The SMILES string of the molecule is O=C1C(=O)N(c2ccc3c(c2)OCO3)C(c2ccncc2)/C1=C(\O)c1ccc([N+](=O)[O-])cc1. The minimum Gasteiger partial charge on any atom is -0.507 e. The van der Waals surface area contributed by atoms with Crippen LogP contribution < -0.4 is 14.4 Å². The van der Waals surface area contributed by atoms with Crippen molar-refractivity contribution in [2.24, 2.45) is 0 Å². The molecule has 1 atom stereocenters. The third kappa shape index (κ3) is 3.33. The lowest BCUT2D eigenvalue weighted by Gasteiger charge is -2.25. The van der Waals surface area contributed by atoms with E-state index >= 15 is 0 Å². The number of benzene rings is 2. The summed E-state index contributed by atoms with van der Waals surface area (Å²) in [5, 5.41) is 22.0. The van der Waals surface area contributed by atoms with E-state index in [1.165, 1.54) is 41.6 Å². The van der Waals surface area contributed by atoms with Gasteiger partial charge in [-0.15, -0.1) is 0 Å². The highest BCUT2D eigenvalue weighted by Gasteiger charge is 2.47. The highest BCUT2D eigenvalue weighted by molar-refractivity contribution is 6.51. The number of nitrogens with zero attached hydrogens (tertiary/aromatic N) is 3. The van der Waals surface area contributed by atoms with E-state index in [2.05, 4.69) is 4.98 Å². The number of Topliss-reactive ketones (excluding diaryl/α,β-unsaturated/α-hetero) is 1. The monoisotopic (exact) mass is 445 g/mol. The molecule has 3 aromatic rings. The molecular weight excluding hydrogens is 430 g/mol. The van der Waals surface area contributed by atoms with Crippen molar-refractivity contribution in [3.63, 3.8) is 0 Å². The summed E-state index contributed by atoms with van der Waals surface area (Å²) in [5.41, 5.74) is 0.787. The number of amides is 1. The van der Waals surface area contributed by atoms with Crippen molar-refractivity contribution in [2.75, 3.05) is 11.7 Å². The van der Waals surface area contributed by atoms with Crippen LogP contribution in [0.5, 0.6) is 11.5 Å². The third-order valence-electron chi connectivity index (χ3n) is 5.45. The summed E-state index contributed by atoms with van der Waals surface area (Å²) in [4.78, 5) is 41.9. The van der Waals surface area contributed by atoms with Gasteiger partial charge in [0.15, 0.2) is 11.5 Å². The van der Waals surface area contributed by atoms with E-state index in [1.54, 1.807) is 30.3 Å². The van der Waals surface area contributed by atoms with Crippen LogP contribution in [0, 0.1) is 10.1 Å². The molecule has 1 N–H and O–H groups in total. The standard InChI is InChI=1S/C23H15N3O7/c27-21(14-1-3-15(4-2-14)26(30)31)19-20(13-7-9-24-10-8-13)25(23(29)22(19)28)16-5-6-17-18(11-16)33-12-32-17/h1-11,20,27H,12H2/b21-19+. The highest BCUT2D eigenvalue weighted by atomic mass is 16.7. The summed E-state index contributed by atoms with van der Waals surface area (Å²) in [5.74, 6) is -1.21. The minimum absolute atomic E-state index is 0.0472. The fourth-order valence-electron chi connectivity index (χ4n) is 3.89. The predicted octanol–water partition coefficient (Wildman–Crippen LogP) is 3.34. The summed E-state index contributed by atoms with van der Waals surface area (Å²) >= 11 is 0.